The summed E-state index contributed by atoms with van der Waals surface area (Å²) >= 11 is 4.93. The molecule has 0 amide bonds. The first-order chi connectivity index (χ1) is 8.57. The Morgan fingerprint density at radius 2 is 2.00 bits per heavy atom. The second-order valence-corrected chi connectivity index (χ2v) is 7.46. The van der Waals surface area contributed by atoms with E-state index in [4.69, 9.17) is 12.6 Å². The largest absolute Gasteiger partial charge is 0.304 e. The van der Waals surface area contributed by atoms with Gasteiger partial charge in [0, 0.05) is 0 Å². The topological polar surface area (TPSA) is 3.24 Å². The van der Waals surface area contributed by atoms with Crippen LogP contribution in [0.25, 0.3) is 0 Å². The molecule has 2 fully saturated rings. The molecule has 2 heteroatoms. The highest BCUT2D eigenvalue weighted by Crippen LogP contribution is 2.63. The zero-order valence-electron chi connectivity index (χ0n) is 12.1. The van der Waals surface area contributed by atoms with Gasteiger partial charge < -0.3 is 4.90 Å². The Kier molecular flexibility index (Phi) is 3.30. The van der Waals surface area contributed by atoms with Crippen molar-refractivity contribution in [1.29, 1.82) is 0 Å². The Balaban J connectivity index is 1.88. The minimum atomic E-state index is 0.522. The SMILES string of the molecule is CCN1CCC2(CC1)CC1CC1C(S)=C2C(C)C. The normalized spacial score (nSPS) is 35.2. The molecule has 0 N–H and O–H groups in total. The van der Waals surface area contributed by atoms with Gasteiger partial charge in [0.2, 0.25) is 0 Å². The van der Waals surface area contributed by atoms with Crippen molar-refractivity contribution in [2.24, 2.45) is 23.2 Å². The minimum absolute atomic E-state index is 0.522. The molecular formula is C16H27NS. The summed E-state index contributed by atoms with van der Waals surface area (Å²) in [6, 6.07) is 0. The molecule has 0 bridgehead atoms. The van der Waals surface area contributed by atoms with Crippen molar-refractivity contribution in [3.63, 3.8) is 0 Å². The van der Waals surface area contributed by atoms with Gasteiger partial charge in [-0.25, -0.2) is 0 Å². The number of thiol groups is 1. The average molecular weight is 265 g/mol. The predicted molar refractivity (Wildman–Crippen MR) is 80.8 cm³/mol. The Hall–Kier alpha value is 0.0500. The summed E-state index contributed by atoms with van der Waals surface area (Å²) in [6.45, 7) is 10.9. The number of piperidine rings is 1. The Labute approximate surface area is 117 Å². The first-order valence-electron chi connectivity index (χ1n) is 7.73. The molecule has 102 valence electrons. The molecule has 0 aromatic heterocycles. The first-order valence-corrected chi connectivity index (χ1v) is 8.18. The van der Waals surface area contributed by atoms with Crippen molar-refractivity contribution in [3.8, 4) is 0 Å². The molecule has 1 saturated heterocycles. The number of rotatable bonds is 2. The zero-order valence-corrected chi connectivity index (χ0v) is 13.0. The van der Waals surface area contributed by atoms with Crippen molar-refractivity contribution in [2.45, 2.75) is 46.5 Å². The van der Waals surface area contributed by atoms with E-state index in [-0.39, 0.29) is 0 Å². The minimum Gasteiger partial charge on any atom is -0.304 e. The highest BCUT2D eigenvalue weighted by molar-refractivity contribution is 7.84. The summed E-state index contributed by atoms with van der Waals surface area (Å²) in [4.78, 5) is 4.10. The van der Waals surface area contributed by atoms with E-state index in [1.165, 1.54) is 50.2 Å². The van der Waals surface area contributed by atoms with Crippen LogP contribution in [0.15, 0.2) is 10.5 Å². The van der Waals surface area contributed by atoms with Crippen LogP contribution in [0, 0.1) is 23.2 Å². The van der Waals surface area contributed by atoms with Crippen molar-refractivity contribution in [3.05, 3.63) is 10.5 Å². The van der Waals surface area contributed by atoms with E-state index in [2.05, 4.69) is 25.7 Å². The number of hydrogen-bond acceptors (Lipinski definition) is 2. The Morgan fingerprint density at radius 1 is 1.33 bits per heavy atom. The molecular weight excluding hydrogens is 238 g/mol. The van der Waals surface area contributed by atoms with E-state index < -0.39 is 0 Å². The molecule has 18 heavy (non-hydrogen) atoms. The molecule has 1 nitrogen and oxygen atoms in total. The highest BCUT2D eigenvalue weighted by atomic mass is 32.1. The van der Waals surface area contributed by atoms with Gasteiger partial charge in [-0.1, -0.05) is 26.3 Å². The lowest BCUT2D eigenvalue weighted by molar-refractivity contribution is 0.110. The second kappa shape index (κ2) is 4.56. The van der Waals surface area contributed by atoms with Crippen LogP contribution >= 0.6 is 12.6 Å². The van der Waals surface area contributed by atoms with Crippen LogP contribution < -0.4 is 0 Å². The second-order valence-electron chi connectivity index (χ2n) is 6.97. The fourth-order valence-corrected chi connectivity index (χ4v) is 5.38. The van der Waals surface area contributed by atoms with Gasteiger partial charge in [-0.05, 0) is 73.4 Å². The summed E-state index contributed by atoms with van der Waals surface area (Å²) in [5.74, 6) is 2.51. The lowest BCUT2D eigenvalue weighted by Crippen LogP contribution is -2.43. The number of fused-ring (bicyclic) bond motifs is 1. The van der Waals surface area contributed by atoms with Gasteiger partial charge in [-0.15, -0.1) is 12.6 Å². The molecule has 2 atom stereocenters. The van der Waals surface area contributed by atoms with Crippen LogP contribution in [0.5, 0.6) is 0 Å². The fraction of sp³-hybridized carbons (Fsp3) is 0.875. The highest BCUT2D eigenvalue weighted by Gasteiger charge is 2.53. The van der Waals surface area contributed by atoms with Gasteiger partial charge in [0.15, 0.2) is 0 Å². The fourth-order valence-electron chi connectivity index (χ4n) is 4.57. The van der Waals surface area contributed by atoms with Crippen molar-refractivity contribution in [1.82, 2.24) is 4.90 Å². The van der Waals surface area contributed by atoms with Gasteiger partial charge in [-0.3, -0.25) is 0 Å². The first kappa shape index (κ1) is 13.1. The molecule has 1 aliphatic heterocycles. The maximum absolute atomic E-state index is 4.93. The van der Waals surface area contributed by atoms with Gasteiger partial charge in [0.05, 0.1) is 0 Å². The summed E-state index contributed by atoms with van der Waals surface area (Å²) in [6.07, 6.45) is 5.64. The van der Waals surface area contributed by atoms with Crippen LogP contribution in [-0.2, 0) is 0 Å². The maximum Gasteiger partial charge on any atom is -0.00104 e. The monoisotopic (exact) mass is 265 g/mol. The van der Waals surface area contributed by atoms with E-state index in [1.54, 1.807) is 5.57 Å². The van der Waals surface area contributed by atoms with Crippen molar-refractivity contribution >= 4 is 12.6 Å². The lowest BCUT2D eigenvalue weighted by Gasteiger charge is -2.47. The van der Waals surface area contributed by atoms with Gasteiger partial charge in [0.1, 0.15) is 0 Å². The van der Waals surface area contributed by atoms with E-state index >= 15 is 0 Å². The van der Waals surface area contributed by atoms with E-state index in [1.807, 2.05) is 0 Å². The number of hydrogen-bond donors (Lipinski definition) is 1. The molecule has 0 aromatic carbocycles. The van der Waals surface area contributed by atoms with Crippen molar-refractivity contribution in [2.75, 3.05) is 19.6 Å². The van der Waals surface area contributed by atoms with Crippen LogP contribution in [-0.4, -0.2) is 24.5 Å². The standard InChI is InChI=1S/C16H27NS/c1-4-17-7-5-16(6-8-17)10-12-9-13(12)15(18)14(16)11(2)3/h11-13,18H,4-10H2,1-3H3. The number of nitrogens with zero attached hydrogens (tertiary/aromatic N) is 1. The molecule has 2 aliphatic carbocycles. The van der Waals surface area contributed by atoms with Crippen molar-refractivity contribution < 1.29 is 0 Å². The smallest absolute Gasteiger partial charge is 0.00104 e. The van der Waals surface area contributed by atoms with Crippen LogP contribution in [0.3, 0.4) is 0 Å². The quantitative estimate of drug-likeness (QED) is 0.739. The summed E-state index contributed by atoms with van der Waals surface area (Å²) in [5.41, 5.74) is 2.26. The van der Waals surface area contributed by atoms with E-state index in [0.717, 1.165) is 11.8 Å². The zero-order chi connectivity index (χ0) is 12.9. The Bertz CT molecular complexity index is 363. The molecule has 0 radical (unpaired) electrons. The van der Waals surface area contributed by atoms with Gasteiger partial charge in [0.25, 0.3) is 0 Å². The van der Waals surface area contributed by atoms with Crippen LogP contribution in [0.1, 0.15) is 46.5 Å². The van der Waals surface area contributed by atoms with Crippen LogP contribution in [0.4, 0.5) is 0 Å². The molecule has 1 saturated carbocycles. The molecule has 1 heterocycles. The predicted octanol–water partition coefficient (Wildman–Crippen LogP) is 3.97. The molecule has 3 rings (SSSR count). The molecule has 3 aliphatic rings. The third kappa shape index (κ3) is 1.96. The third-order valence-corrected chi connectivity index (χ3v) is 6.18. The Morgan fingerprint density at radius 3 is 2.56 bits per heavy atom. The van der Waals surface area contributed by atoms with Crippen LogP contribution in [0.2, 0.25) is 0 Å². The summed E-state index contributed by atoms with van der Waals surface area (Å²) in [7, 11) is 0. The van der Waals surface area contributed by atoms with Gasteiger partial charge in [-0.2, -0.15) is 0 Å². The van der Waals surface area contributed by atoms with E-state index in [9.17, 15) is 0 Å². The number of likely N-dealkylation sites (tertiary alicyclic amines) is 1. The molecule has 2 unspecified atom stereocenters. The number of allylic oxidation sites excluding steroid dienone is 2. The summed E-state index contributed by atoms with van der Waals surface area (Å²) < 4.78 is 0. The molecule has 1 spiro atoms. The average Bonchev–Trinajstić information content (AvgIpc) is 3.09. The van der Waals surface area contributed by atoms with Gasteiger partial charge >= 0.3 is 0 Å². The lowest BCUT2D eigenvalue weighted by atomic mass is 9.63. The van der Waals surface area contributed by atoms with E-state index in [0.29, 0.717) is 11.3 Å². The maximum atomic E-state index is 4.93. The third-order valence-electron chi connectivity index (χ3n) is 5.61. The summed E-state index contributed by atoms with van der Waals surface area (Å²) in [5, 5.41) is 0. The molecule has 0 aromatic rings.